The molecular weight excluding hydrogens is 312 g/mol. The van der Waals surface area contributed by atoms with Crippen LogP contribution in [-0.2, 0) is 17.8 Å². The van der Waals surface area contributed by atoms with Crippen LogP contribution in [0.1, 0.15) is 35.7 Å². The quantitative estimate of drug-likeness (QED) is 0.723. The Balaban J connectivity index is 1.77. The Morgan fingerprint density at radius 3 is 2.72 bits per heavy atom. The van der Waals surface area contributed by atoms with E-state index in [4.69, 9.17) is 0 Å². The summed E-state index contributed by atoms with van der Waals surface area (Å²) in [6.45, 7) is 9.08. The molecule has 3 rings (SSSR count). The minimum absolute atomic E-state index is 0.0665. The van der Waals surface area contributed by atoms with Crippen LogP contribution in [0.5, 0.6) is 0 Å². The summed E-state index contributed by atoms with van der Waals surface area (Å²) in [4.78, 5) is 20.2. The van der Waals surface area contributed by atoms with Gasteiger partial charge in [0.25, 0.3) is 0 Å². The van der Waals surface area contributed by atoms with Crippen LogP contribution in [0.2, 0.25) is 0 Å². The third kappa shape index (κ3) is 3.60. The van der Waals surface area contributed by atoms with Crippen molar-refractivity contribution in [2.45, 2.75) is 53.1 Å². The smallest absolute Gasteiger partial charge is 0.224 e. The van der Waals surface area contributed by atoms with Crippen molar-refractivity contribution in [2.24, 2.45) is 0 Å². The minimum Gasteiger partial charge on any atom is -0.358 e. The number of aryl methyl sites for hydroxylation is 3. The van der Waals surface area contributed by atoms with E-state index in [1.165, 1.54) is 16.5 Å². The maximum Gasteiger partial charge on any atom is 0.224 e. The first-order valence-electron chi connectivity index (χ1n) is 8.82. The van der Waals surface area contributed by atoms with Gasteiger partial charge >= 0.3 is 0 Å². The van der Waals surface area contributed by atoms with E-state index in [9.17, 15) is 4.79 Å². The number of amides is 1. The summed E-state index contributed by atoms with van der Waals surface area (Å²) in [6, 6.07) is 4.35. The molecule has 1 atom stereocenters. The van der Waals surface area contributed by atoms with Crippen molar-refractivity contribution in [3.63, 3.8) is 0 Å². The van der Waals surface area contributed by atoms with Crippen molar-refractivity contribution in [1.82, 2.24) is 19.9 Å². The second kappa shape index (κ2) is 7.13. The van der Waals surface area contributed by atoms with Gasteiger partial charge in [0, 0.05) is 41.6 Å². The van der Waals surface area contributed by atoms with Crippen molar-refractivity contribution in [3.8, 4) is 0 Å². The van der Waals surface area contributed by atoms with Crippen LogP contribution >= 0.6 is 0 Å². The van der Waals surface area contributed by atoms with Crippen molar-refractivity contribution >= 4 is 16.8 Å². The van der Waals surface area contributed by atoms with Crippen LogP contribution < -0.4 is 5.32 Å². The molecule has 0 saturated carbocycles. The fourth-order valence-corrected chi connectivity index (χ4v) is 3.40. The van der Waals surface area contributed by atoms with Gasteiger partial charge in [-0.25, -0.2) is 4.98 Å². The lowest BCUT2D eigenvalue weighted by Crippen LogP contribution is -2.38. The fourth-order valence-electron chi connectivity index (χ4n) is 3.40. The number of nitrogens with zero attached hydrogens (tertiary/aromatic N) is 2. The first kappa shape index (κ1) is 17.3. The number of hydrogen-bond donors (Lipinski definition) is 2. The predicted molar refractivity (Wildman–Crippen MR) is 101 cm³/mol. The van der Waals surface area contributed by atoms with Crippen LogP contribution in [0.3, 0.4) is 0 Å². The van der Waals surface area contributed by atoms with E-state index in [-0.39, 0.29) is 11.9 Å². The summed E-state index contributed by atoms with van der Waals surface area (Å²) >= 11 is 0. The van der Waals surface area contributed by atoms with Crippen LogP contribution in [0.15, 0.2) is 30.9 Å². The molecule has 132 valence electrons. The van der Waals surface area contributed by atoms with Crippen molar-refractivity contribution in [3.05, 3.63) is 53.2 Å². The fraction of sp³-hybridized carbons (Fsp3) is 0.400. The number of hydrogen-bond acceptors (Lipinski definition) is 2. The molecule has 0 aliphatic rings. The molecular formula is C20H26N4O. The molecule has 0 saturated heterocycles. The highest BCUT2D eigenvalue weighted by molar-refractivity contribution is 5.93. The Morgan fingerprint density at radius 1 is 1.28 bits per heavy atom. The Morgan fingerprint density at radius 2 is 2.04 bits per heavy atom. The molecule has 2 heterocycles. The van der Waals surface area contributed by atoms with E-state index in [0.717, 1.165) is 29.7 Å². The molecule has 0 bridgehead atoms. The number of benzene rings is 1. The van der Waals surface area contributed by atoms with Gasteiger partial charge in [0.15, 0.2) is 0 Å². The molecule has 25 heavy (non-hydrogen) atoms. The summed E-state index contributed by atoms with van der Waals surface area (Å²) in [5, 5.41) is 4.36. The first-order valence-corrected chi connectivity index (χ1v) is 8.82. The van der Waals surface area contributed by atoms with E-state index in [1.54, 1.807) is 12.5 Å². The van der Waals surface area contributed by atoms with Crippen LogP contribution in [0.25, 0.3) is 10.9 Å². The summed E-state index contributed by atoms with van der Waals surface area (Å²) < 4.78 is 2.00. The minimum atomic E-state index is 0.0665. The summed E-state index contributed by atoms with van der Waals surface area (Å²) in [5.74, 6) is 0.0665. The van der Waals surface area contributed by atoms with Crippen molar-refractivity contribution in [2.75, 3.05) is 0 Å². The van der Waals surface area contributed by atoms with E-state index in [2.05, 4.69) is 48.2 Å². The average Bonchev–Trinajstić information content (AvgIpc) is 3.19. The number of aromatic nitrogens is 3. The standard InChI is InChI=1S/C20H26N4O/c1-5-16(11-24-9-8-21-12-24)23-18(25)10-17-15(4)22-20-14(3)7-6-13(2)19(17)20/h6-9,12,16,22H,5,10-11H2,1-4H3,(H,23,25). The number of imidazole rings is 1. The lowest BCUT2D eigenvalue weighted by atomic mass is 10.0. The van der Waals surface area contributed by atoms with Gasteiger partial charge in [-0.1, -0.05) is 19.1 Å². The van der Waals surface area contributed by atoms with Gasteiger partial charge in [0.2, 0.25) is 5.91 Å². The molecule has 5 nitrogen and oxygen atoms in total. The normalized spacial score (nSPS) is 12.5. The Labute approximate surface area is 148 Å². The van der Waals surface area contributed by atoms with Crippen molar-refractivity contribution < 1.29 is 4.79 Å². The molecule has 2 aromatic heterocycles. The molecule has 5 heteroatoms. The van der Waals surface area contributed by atoms with E-state index in [0.29, 0.717) is 6.42 Å². The molecule has 1 unspecified atom stereocenters. The zero-order valence-corrected chi connectivity index (χ0v) is 15.4. The maximum atomic E-state index is 12.7. The van der Waals surface area contributed by atoms with Crippen molar-refractivity contribution in [1.29, 1.82) is 0 Å². The molecule has 1 aromatic carbocycles. The molecule has 0 aliphatic heterocycles. The first-order chi connectivity index (χ1) is 12.0. The van der Waals surface area contributed by atoms with E-state index in [1.807, 2.05) is 17.7 Å². The number of H-pyrrole nitrogens is 1. The Bertz CT molecular complexity index is 877. The van der Waals surface area contributed by atoms with Crippen LogP contribution in [0.4, 0.5) is 0 Å². The second-order valence-corrected chi connectivity index (χ2v) is 6.79. The Hall–Kier alpha value is -2.56. The number of nitrogens with one attached hydrogen (secondary N) is 2. The monoisotopic (exact) mass is 338 g/mol. The zero-order valence-electron chi connectivity index (χ0n) is 15.4. The predicted octanol–water partition coefficient (Wildman–Crippen LogP) is 3.43. The zero-order chi connectivity index (χ0) is 18.0. The topological polar surface area (TPSA) is 62.7 Å². The molecule has 2 N–H and O–H groups in total. The lowest BCUT2D eigenvalue weighted by molar-refractivity contribution is -0.121. The molecule has 0 radical (unpaired) electrons. The number of aromatic amines is 1. The van der Waals surface area contributed by atoms with Gasteiger partial charge < -0.3 is 14.9 Å². The van der Waals surface area contributed by atoms with Gasteiger partial charge in [-0.15, -0.1) is 0 Å². The average molecular weight is 338 g/mol. The molecule has 3 aromatic rings. The largest absolute Gasteiger partial charge is 0.358 e. The summed E-state index contributed by atoms with van der Waals surface area (Å²) in [7, 11) is 0. The summed E-state index contributed by atoms with van der Waals surface area (Å²) in [5.41, 5.74) is 5.74. The molecule has 1 amide bonds. The van der Waals surface area contributed by atoms with Gasteiger partial charge in [-0.2, -0.15) is 0 Å². The lowest BCUT2D eigenvalue weighted by Gasteiger charge is -2.17. The third-order valence-corrected chi connectivity index (χ3v) is 4.87. The SMILES string of the molecule is CCC(Cn1ccnc1)NC(=O)Cc1c(C)[nH]c2c(C)ccc(C)c12. The van der Waals surface area contributed by atoms with Gasteiger partial charge in [0.1, 0.15) is 0 Å². The Kier molecular flexibility index (Phi) is 4.93. The van der Waals surface area contributed by atoms with Crippen LogP contribution in [0, 0.1) is 20.8 Å². The van der Waals surface area contributed by atoms with E-state index >= 15 is 0 Å². The number of carbonyl (C=O) groups is 1. The number of fused-ring (bicyclic) bond motifs is 1. The molecule has 0 spiro atoms. The second-order valence-electron chi connectivity index (χ2n) is 6.79. The van der Waals surface area contributed by atoms with E-state index < -0.39 is 0 Å². The van der Waals surface area contributed by atoms with Crippen LogP contribution in [-0.4, -0.2) is 26.5 Å². The molecule has 0 aliphatic carbocycles. The maximum absolute atomic E-state index is 12.7. The molecule has 0 fully saturated rings. The van der Waals surface area contributed by atoms with Gasteiger partial charge in [-0.05, 0) is 43.9 Å². The highest BCUT2D eigenvalue weighted by Gasteiger charge is 2.17. The number of carbonyl (C=O) groups excluding carboxylic acids is 1. The van der Waals surface area contributed by atoms with Gasteiger partial charge in [0.05, 0.1) is 12.7 Å². The number of rotatable bonds is 6. The highest BCUT2D eigenvalue weighted by atomic mass is 16.1. The highest BCUT2D eigenvalue weighted by Crippen LogP contribution is 2.28. The third-order valence-electron chi connectivity index (χ3n) is 4.87. The summed E-state index contributed by atoms with van der Waals surface area (Å²) in [6.07, 6.45) is 6.75. The van der Waals surface area contributed by atoms with Gasteiger partial charge in [-0.3, -0.25) is 4.79 Å².